The molecular formula is C25H36N6O4S. The maximum atomic E-state index is 13.3. The molecular weight excluding hydrogens is 480 g/mol. The summed E-state index contributed by atoms with van der Waals surface area (Å²) in [4.78, 5) is 21.7. The molecule has 1 saturated heterocycles. The molecule has 1 aliphatic rings. The topological polar surface area (TPSA) is 122 Å². The first-order chi connectivity index (χ1) is 19.7. The van der Waals surface area contributed by atoms with Crippen molar-refractivity contribution in [2.75, 3.05) is 26.7 Å². The SMILES string of the molecule is [2H]C([2H])([2H])N1CCCC1CCNS(=O)(=O)c1ccc(OCCC)c(-c2nc3c(CCC)nn(C([2H])([2H])[2H])c3c(=O)[nH]2)c1. The first-order valence-corrected chi connectivity index (χ1v) is 13.7. The number of aryl methyl sites for hydroxylation is 2. The van der Waals surface area contributed by atoms with Gasteiger partial charge in [0.15, 0.2) is 5.52 Å². The molecule has 36 heavy (non-hydrogen) atoms. The largest absolute Gasteiger partial charge is 0.493 e. The zero-order valence-corrected chi connectivity index (χ0v) is 21.3. The number of nitrogens with zero attached hydrogens (tertiary/aromatic N) is 4. The summed E-state index contributed by atoms with van der Waals surface area (Å²) < 4.78 is 82.2. The summed E-state index contributed by atoms with van der Waals surface area (Å²) in [5, 5.41) is 4.16. The van der Waals surface area contributed by atoms with Crippen LogP contribution in [-0.4, -0.2) is 65.8 Å². The van der Waals surface area contributed by atoms with Gasteiger partial charge in [-0.25, -0.2) is 18.1 Å². The zero-order valence-electron chi connectivity index (χ0n) is 26.5. The number of nitrogens with one attached hydrogen (secondary N) is 2. The highest BCUT2D eigenvalue weighted by atomic mass is 32.2. The molecule has 2 N–H and O–H groups in total. The van der Waals surface area contributed by atoms with Crippen LogP contribution in [0.2, 0.25) is 0 Å². The van der Waals surface area contributed by atoms with Crippen LogP contribution in [0.5, 0.6) is 5.75 Å². The molecule has 10 nitrogen and oxygen atoms in total. The van der Waals surface area contributed by atoms with Gasteiger partial charge in [0, 0.05) is 27.8 Å². The maximum absolute atomic E-state index is 13.3. The van der Waals surface area contributed by atoms with Crippen LogP contribution in [0.1, 0.15) is 59.9 Å². The van der Waals surface area contributed by atoms with E-state index in [9.17, 15) is 13.2 Å². The van der Waals surface area contributed by atoms with E-state index in [4.69, 9.17) is 13.0 Å². The fourth-order valence-corrected chi connectivity index (χ4v) is 5.47. The third-order valence-corrected chi connectivity index (χ3v) is 7.67. The van der Waals surface area contributed by atoms with Gasteiger partial charge in [-0.15, -0.1) is 0 Å². The highest BCUT2D eigenvalue weighted by molar-refractivity contribution is 7.89. The smallest absolute Gasteiger partial charge is 0.277 e. The minimum absolute atomic E-state index is 0.0115. The molecule has 2 aromatic heterocycles. The van der Waals surface area contributed by atoms with Crippen molar-refractivity contribution in [1.29, 1.82) is 0 Å². The Kier molecular flexibility index (Phi) is 5.97. The number of ether oxygens (including phenoxy) is 1. The summed E-state index contributed by atoms with van der Waals surface area (Å²) in [7, 11) is -4.03. The van der Waals surface area contributed by atoms with Crippen LogP contribution in [0.25, 0.3) is 22.4 Å². The molecule has 0 saturated carbocycles. The van der Waals surface area contributed by atoms with E-state index in [1.807, 2.05) is 13.8 Å². The van der Waals surface area contributed by atoms with Crippen LogP contribution in [0.15, 0.2) is 27.9 Å². The van der Waals surface area contributed by atoms with Crippen LogP contribution in [0.3, 0.4) is 0 Å². The number of H-pyrrole nitrogens is 1. The van der Waals surface area contributed by atoms with E-state index >= 15 is 0 Å². The summed E-state index contributed by atoms with van der Waals surface area (Å²) in [6, 6.07) is 3.95. The zero-order chi connectivity index (χ0) is 30.9. The first kappa shape index (κ1) is 19.4. The van der Waals surface area contributed by atoms with Gasteiger partial charge in [-0.3, -0.25) is 9.48 Å². The molecule has 3 heterocycles. The molecule has 1 atom stereocenters. The van der Waals surface area contributed by atoms with E-state index in [0.717, 1.165) is 6.42 Å². The highest BCUT2D eigenvalue weighted by Gasteiger charge is 2.23. The van der Waals surface area contributed by atoms with Crippen LogP contribution >= 0.6 is 0 Å². The third kappa shape index (κ3) is 5.47. The molecule has 3 aromatic rings. The molecule has 1 aliphatic heterocycles. The number of aromatic nitrogens is 4. The Labute approximate surface area is 220 Å². The van der Waals surface area contributed by atoms with Crippen molar-refractivity contribution in [3.05, 3.63) is 34.2 Å². The molecule has 196 valence electrons. The van der Waals surface area contributed by atoms with Crippen LogP contribution in [-0.2, 0) is 23.4 Å². The van der Waals surface area contributed by atoms with E-state index in [1.165, 1.54) is 23.1 Å². The fourth-order valence-electron chi connectivity index (χ4n) is 4.39. The Morgan fingerprint density at radius 2 is 2.14 bits per heavy atom. The second-order valence-electron chi connectivity index (χ2n) is 8.90. The Hall–Kier alpha value is -2.76. The Morgan fingerprint density at radius 1 is 1.28 bits per heavy atom. The number of sulfonamides is 1. The van der Waals surface area contributed by atoms with Crippen molar-refractivity contribution in [3.8, 4) is 17.1 Å². The van der Waals surface area contributed by atoms with Crippen molar-refractivity contribution < 1.29 is 21.4 Å². The van der Waals surface area contributed by atoms with Crippen molar-refractivity contribution in [2.45, 2.75) is 63.3 Å². The lowest BCUT2D eigenvalue weighted by Crippen LogP contribution is -2.31. The molecule has 4 rings (SSSR count). The molecule has 0 amide bonds. The van der Waals surface area contributed by atoms with Crippen LogP contribution in [0.4, 0.5) is 0 Å². The highest BCUT2D eigenvalue weighted by Crippen LogP contribution is 2.31. The van der Waals surface area contributed by atoms with Gasteiger partial charge in [-0.05, 0) is 63.8 Å². The van der Waals surface area contributed by atoms with Crippen LogP contribution < -0.4 is 15.0 Å². The Balaban J connectivity index is 1.71. The lowest BCUT2D eigenvalue weighted by molar-refractivity contribution is 0.297. The summed E-state index contributed by atoms with van der Waals surface area (Å²) in [5.74, 6) is 0.301. The molecule has 1 fully saturated rings. The minimum Gasteiger partial charge on any atom is -0.493 e. The predicted molar refractivity (Wildman–Crippen MR) is 140 cm³/mol. The Morgan fingerprint density at radius 3 is 2.89 bits per heavy atom. The average molecular weight is 523 g/mol. The van der Waals surface area contributed by atoms with Crippen molar-refractivity contribution in [2.24, 2.45) is 6.98 Å². The molecule has 0 bridgehead atoms. The standard InChI is InChI=1S/C25H36N6O4S/c1-5-8-20-22-23(31(4)29-20)25(32)28-24(27-22)19-16-18(10-11-21(19)35-15-6-2)36(33,34)26-13-12-17-9-7-14-30(17)3/h10-11,16-17,26H,5-9,12-15H2,1-4H3,(H,27,28,32)/i3D3,4D3. The number of fused-ring (bicyclic) bond motifs is 1. The van der Waals surface area contributed by atoms with Gasteiger partial charge >= 0.3 is 0 Å². The first-order valence-electron chi connectivity index (χ1n) is 15.2. The summed E-state index contributed by atoms with van der Waals surface area (Å²) in [6.07, 6.45) is 3.43. The molecule has 1 aromatic carbocycles. The van der Waals surface area contributed by atoms with E-state index in [2.05, 4.69) is 19.8 Å². The molecule has 1 unspecified atom stereocenters. The van der Waals surface area contributed by atoms with Gasteiger partial charge in [0.25, 0.3) is 5.56 Å². The van der Waals surface area contributed by atoms with E-state index in [0.29, 0.717) is 55.6 Å². The second kappa shape index (κ2) is 11.1. The number of aromatic amines is 1. The van der Waals surface area contributed by atoms with E-state index in [-0.39, 0.29) is 45.7 Å². The van der Waals surface area contributed by atoms with Crippen molar-refractivity contribution in [3.63, 3.8) is 0 Å². The number of benzene rings is 1. The fraction of sp³-hybridized carbons (Fsp3) is 0.560. The summed E-state index contributed by atoms with van der Waals surface area (Å²) in [5.41, 5.74) is -0.255. The third-order valence-electron chi connectivity index (χ3n) is 6.21. The lowest BCUT2D eigenvalue weighted by Gasteiger charge is -2.19. The summed E-state index contributed by atoms with van der Waals surface area (Å²) in [6.45, 7) is -0.328. The van der Waals surface area contributed by atoms with Gasteiger partial charge in [0.05, 0.1) is 22.8 Å². The number of likely N-dealkylation sites (tertiary alicyclic amines) is 1. The number of hydrogen-bond donors (Lipinski definition) is 2. The van der Waals surface area contributed by atoms with Gasteiger partial charge in [0.1, 0.15) is 17.1 Å². The average Bonchev–Trinajstić information content (AvgIpc) is 3.53. The minimum atomic E-state index is -4.03. The second-order valence-corrected chi connectivity index (χ2v) is 10.7. The monoisotopic (exact) mass is 522 g/mol. The normalized spacial score (nSPS) is 19.9. The molecule has 0 aliphatic carbocycles. The quantitative estimate of drug-likeness (QED) is 0.397. The molecule has 0 spiro atoms. The van der Waals surface area contributed by atoms with Crippen molar-refractivity contribution >= 4 is 21.1 Å². The van der Waals surface area contributed by atoms with E-state index in [1.54, 1.807) is 0 Å². The molecule has 0 radical (unpaired) electrons. The van der Waals surface area contributed by atoms with E-state index < -0.39 is 29.5 Å². The lowest BCUT2D eigenvalue weighted by atomic mass is 10.1. The van der Waals surface area contributed by atoms with Gasteiger partial charge < -0.3 is 14.6 Å². The van der Waals surface area contributed by atoms with Gasteiger partial charge in [0.2, 0.25) is 10.0 Å². The summed E-state index contributed by atoms with van der Waals surface area (Å²) >= 11 is 0. The molecule has 11 heteroatoms. The Bertz CT molecular complexity index is 1580. The van der Waals surface area contributed by atoms with Crippen LogP contribution in [0, 0.1) is 0 Å². The number of hydrogen-bond acceptors (Lipinski definition) is 7. The maximum Gasteiger partial charge on any atom is 0.277 e. The van der Waals surface area contributed by atoms with Crippen molar-refractivity contribution in [1.82, 2.24) is 29.4 Å². The predicted octanol–water partition coefficient (Wildman–Crippen LogP) is 2.83. The van der Waals surface area contributed by atoms with Gasteiger partial charge in [-0.1, -0.05) is 20.3 Å². The number of rotatable bonds is 11. The van der Waals surface area contributed by atoms with Gasteiger partial charge in [-0.2, -0.15) is 5.10 Å².